The van der Waals surface area contributed by atoms with Crippen LogP contribution in [0.2, 0.25) is 0 Å². The number of hydrogen-bond acceptors (Lipinski definition) is 4. The van der Waals surface area contributed by atoms with Gasteiger partial charge in [0.05, 0.1) is 12.6 Å². The number of likely N-dealkylation sites (N-methyl/N-ethyl adjacent to an activating group) is 2. The molecule has 144 valence electrons. The first-order valence-corrected chi connectivity index (χ1v) is 9.53. The van der Waals surface area contributed by atoms with Gasteiger partial charge in [0.15, 0.2) is 5.96 Å². The van der Waals surface area contributed by atoms with Gasteiger partial charge < -0.3 is 20.3 Å². The Hall–Kier alpha value is -1.34. The van der Waals surface area contributed by atoms with E-state index in [4.69, 9.17) is 4.74 Å². The molecule has 2 fully saturated rings. The topological polar surface area (TPSA) is 69.2 Å². The van der Waals surface area contributed by atoms with Gasteiger partial charge >= 0.3 is 0 Å². The molecule has 0 bridgehead atoms. The number of amides is 1. The lowest BCUT2D eigenvalue weighted by Gasteiger charge is -2.26. The van der Waals surface area contributed by atoms with Gasteiger partial charge in [-0.3, -0.25) is 9.69 Å². The second-order valence-electron chi connectivity index (χ2n) is 7.30. The summed E-state index contributed by atoms with van der Waals surface area (Å²) in [5.74, 6) is 1.38. The minimum absolute atomic E-state index is 0.00636. The average molecular weight is 354 g/mol. The van der Waals surface area contributed by atoms with Gasteiger partial charge in [-0.15, -0.1) is 0 Å². The highest BCUT2D eigenvalue weighted by Gasteiger charge is 2.32. The molecule has 1 saturated carbocycles. The van der Waals surface area contributed by atoms with E-state index < -0.39 is 0 Å². The number of aliphatic imine (C=N–C) groups is 1. The van der Waals surface area contributed by atoms with E-state index in [1.807, 2.05) is 0 Å². The Morgan fingerprint density at radius 2 is 2.12 bits per heavy atom. The standard InChI is InChI=1S/C18H35N5O2/c1-5-23-10-6-7-15(23)11-19-18(20-12-17(24)22(2)3)21-16(13-25-4)14-8-9-14/h14-16H,5-13H2,1-4H3,(H2,19,20,21). The zero-order valence-corrected chi connectivity index (χ0v) is 16.3. The van der Waals surface area contributed by atoms with Gasteiger partial charge in [0.25, 0.3) is 0 Å². The second-order valence-corrected chi connectivity index (χ2v) is 7.30. The lowest BCUT2D eigenvalue weighted by molar-refractivity contribution is -0.127. The monoisotopic (exact) mass is 353 g/mol. The van der Waals surface area contributed by atoms with Crippen molar-refractivity contribution in [3.05, 3.63) is 0 Å². The molecule has 7 heteroatoms. The van der Waals surface area contributed by atoms with Crippen LogP contribution in [0.1, 0.15) is 32.6 Å². The molecule has 0 spiro atoms. The van der Waals surface area contributed by atoms with Crippen LogP contribution in [0.15, 0.2) is 4.99 Å². The van der Waals surface area contributed by atoms with Crippen LogP contribution in [0.5, 0.6) is 0 Å². The molecule has 1 amide bonds. The molecule has 2 rings (SSSR count). The molecule has 0 aromatic carbocycles. The van der Waals surface area contributed by atoms with Crippen molar-refractivity contribution < 1.29 is 9.53 Å². The molecule has 0 radical (unpaired) electrons. The van der Waals surface area contributed by atoms with E-state index in [-0.39, 0.29) is 18.5 Å². The summed E-state index contributed by atoms with van der Waals surface area (Å²) in [5, 5.41) is 6.96. The lowest BCUT2D eigenvalue weighted by atomic mass is 10.2. The fourth-order valence-electron chi connectivity index (χ4n) is 3.35. The molecule has 0 aromatic rings. The molecule has 1 heterocycles. The van der Waals surface area contributed by atoms with Gasteiger partial charge in [0.2, 0.25) is 5.91 Å². The normalized spacial score (nSPS) is 22.7. The molecule has 25 heavy (non-hydrogen) atoms. The molecular weight excluding hydrogens is 318 g/mol. The van der Waals surface area contributed by atoms with Gasteiger partial charge in [0.1, 0.15) is 6.54 Å². The molecular formula is C18H35N5O2. The van der Waals surface area contributed by atoms with Crippen LogP contribution in [-0.2, 0) is 9.53 Å². The number of guanidine groups is 1. The van der Waals surface area contributed by atoms with E-state index >= 15 is 0 Å². The summed E-state index contributed by atoms with van der Waals surface area (Å²) in [5.41, 5.74) is 0. The van der Waals surface area contributed by atoms with Crippen molar-refractivity contribution >= 4 is 11.9 Å². The fourth-order valence-corrected chi connectivity index (χ4v) is 3.35. The number of hydrogen-bond donors (Lipinski definition) is 2. The van der Waals surface area contributed by atoms with Gasteiger partial charge in [-0.25, -0.2) is 4.99 Å². The maximum absolute atomic E-state index is 11.9. The summed E-state index contributed by atoms with van der Waals surface area (Å²) >= 11 is 0. The summed E-state index contributed by atoms with van der Waals surface area (Å²) < 4.78 is 5.35. The molecule has 1 aliphatic carbocycles. The van der Waals surface area contributed by atoms with Gasteiger partial charge in [0, 0.05) is 33.8 Å². The van der Waals surface area contributed by atoms with Crippen molar-refractivity contribution in [2.45, 2.75) is 44.7 Å². The smallest absolute Gasteiger partial charge is 0.243 e. The molecule has 2 N–H and O–H groups in total. The van der Waals surface area contributed by atoms with Crippen LogP contribution >= 0.6 is 0 Å². The van der Waals surface area contributed by atoms with Crippen LogP contribution < -0.4 is 10.6 Å². The predicted molar refractivity (Wildman–Crippen MR) is 101 cm³/mol. The number of carbonyl (C=O) groups excluding carboxylic acids is 1. The van der Waals surface area contributed by atoms with Crippen molar-refractivity contribution in [3.63, 3.8) is 0 Å². The summed E-state index contributed by atoms with van der Waals surface area (Å²) in [6.07, 6.45) is 4.94. The third-order valence-corrected chi connectivity index (χ3v) is 5.14. The molecule has 1 saturated heterocycles. The first-order valence-electron chi connectivity index (χ1n) is 9.53. The lowest BCUT2D eigenvalue weighted by Crippen LogP contribution is -2.50. The SMILES string of the molecule is CCN1CCCC1CNC(=NCC(=O)N(C)C)NC(COC)C1CC1. The summed E-state index contributed by atoms with van der Waals surface area (Å²) in [6.45, 7) is 6.16. The van der Waals surface area contributed by atoms with Crippen molar-refractivity contribution in [2.24, 2.45) is 10.9 Å². The van der Waals surface area contributed by atoms with Crippen LogP contribution in [0.4, 0.5) is 0 Å². The number of likely N-dealkylation sites (tertiary alicyclic amines) is 1. The highest BCUT2D eigenvalue weighted by Crippen LogP contribution is 2.32. The first kappa shape index (κ1) is 20.0. The van der Waals surface area contributed by atoms with Crippen LogP contribution in [-0.4, -0.2) is 87.7 Å². The zero-order valence-electron chi connectivity index (χ0n) is 16.3. The van der Waals surface area contributed by atoms with Gasteiger partial charge in [-0.05, 0) is 44.7 Å². The minimum atomic E-state index is 0.00636. The maximum Gasteiger partial charge on any atom is 0.243 e. The molecule has 2 aliphatic rings. The molecule has 2 unspecified atom stereocenters. The summed E-state index contributed by atoms with van der Waals surface area (Å²) in [6, 6.07) is 0.805. The quantitative estimate of drug-likeness (QED) is 0.467. The van der Waals surface area contributed by atoms with Crippen molar-refractivity contribution in [2.75, 3.05) is 54.0 Å². The molecule has 2 atom stereocenters. The number of carbonyl (C=O) groups is 1. The Bertz CT molecular complexity index is 451. The highest BCUT2D eigenvalue weighted by molar-refractivity contribution is 5.85. The third kappa shape index (κ3) is 6.47. The summed E-state index contributed by atoms with van der Waals surface area (Å²) in [4.78, 5) is 20.5. The average Bonchev–Trinajstić information content (AvgIpc) is 3.34. The zero-order chi connectivity index (χ0) is 18.2. The Labute approximate surface area is 152 Å². The predicted octanol–water partition coefficient (Wildman–Crippen LogP) is 0.519. The number of nitrogens with one attached hydrogen (secondary N) is 2. The number of nitrogens with zero attached hydrogens (tertiary/aromatic N) is 3. The van der Waals surface area contributed by atoms with Crippen molar-refractivity contribution in [3.8, 4) is 0 Å². The van der Waals surface area contributed by atoms with E-state index in [1.165, 1.54) is 32.2 Å². The van der Waals surface area contributed by atoms with Crippen molar-refractivity contribution in [1.82, 2.24) is 20.4 Å². The minimum Gasteiger partial charge on any atom is -0.383 e. The second kappa shape index (κ2) is 9.97. The van der Waals surface area contributed by atoms with Crippen molar-refractivity contribution in [1.29, 1.82) is 0 Å². The van der Waals surface area contributed by atoms with Crippen LogP contribution in [0, 0.1) is 5.92 Å². The highest BCUT2D eigenvalue weighted by atomic mass is 16.5. The van der Waals surface area contributed by atoms with E-state index in [0.29, 0.717) is 18.6 Å². The number of rotatable bonds is 9. The largest absolute Gasteiger partial charge is 0.383 e. The van der Waals surface area contributed by atoms with Crippen LogP contribution in [0.25, 0.3) is 0 Å². The van der Waals surface area contributed by atoms with E-state index in [9.17, 15) is 4.79 Å². The van der Waals surface area contributed by atoms with E-state index in [2.05, 4.69) is 27.4 Å². The third-order valence-electron chi connectivity index (χ3n) is 5.14. The molecule has 7 nitrogen and oxygen atoms in total. The fraction of sp³-hybridized carbons (Fsp3) is 0.889. The van der Waals surface area contributed by atoms with Gasteiger partial charge in [-0.1, -0.05) is 6.92 Å². The number of ether oxygens (including phenoxy) is 1. The van der Waals surface area contributed by atoms with Crippen LogP contribution in [0.3, 0.4) is 0 Å². The Kier molecular flexibility index (Phi) is 7.96. The van der Waals surface area contributed by atoms with Gasteiger partial charge in [-0.2, -0.15) is 0 Å². The summed E-state index contributed by atoms with van der Waals surface area (Å²) in [7, 11) is 5.25. The Morgan fingerprint density at radius 3 is 2.72 bits per heavy atom. The molecule has 0 aromatic heterocycles. The van der Waals surface area contributed by atoms with E-state index in [1.54, 1.807) is 26.1 Å². The Morgan fingerprint density at radius 1 is 1.36 bits per heavy atom. The first-order chi connectivity index (χ1) is 12.0. The molecule has 1 aliphatic heterocycles. The Balaban J connectivity index is 1.95. The van der Waals surface area contributed by atoms with E-state index in [0.717, 1.165) is 19.0 Å². The maximum atomic E-state index is 11.9. The number of methoxy groups -OCH3 is 1.